The van der Waals surface area contributed by atoms with Crippen LogP contribution in [0.15, 0.2) is 41.9 Å². The van der Waals surface area contributed by atoms with E-state index in [2.05, 4.69) is 4.98 Å². The predicted molar refractivity (Wildman–Crippen MR) is 72.0 cm³/mol. The molecule has 94 valence electrons. The van der Waals surface area contributed by atoms with Crippen molar-refractivity contribution in [1.82, 2.24) is 4.98 Å². The Labute approximate surface area is 110 Å². The quantitative estimate of drug-likeness (QED) is 0.719. The van der Waals surface area contributed by atoms with E-state index in [4.69, 9.17) is 4.74 Å². The first kappa shape index (κ1) is 12.8. The molecule has 0 fully saturated rings. The molecule has 1 heterocycles. The molecule has 0 spiro atoms. The minimum atomic E-state index is 0.224. The second kappa shape index (κ2) is 6.91. The second-order valence-corrected chi connectivity index (χ2v) is 4.89. The van der Waals surface area contributed by atoms with Crippen molar-refractivity contribution in [3.05, 3.63) is 46.9 Å². The topological polar surface area (TPSA) is 39.2 Å². The van der Waals surface area contributed by atoms with Crippen molar-refractivity contribution in [2.24, 2.45) is 0 Å². The van der Waals surface area contributed by atoms with E-state index >= 15 is 0 Å². The van der Waals surface area contributed by atoms with Crippen LogP contribution in [0, 0.1) is 0 Å². The largest absolute Gasteiger partial charge is 0.494 e. The molecule has 0 bridgehead atoms. The first-order chi connectivity index (χ1) is 8.84. The maximum atomic E-state index is 11.6. The van der Waals surface area contributed by atoms with Crippen molar-refractivity contribution in [1.29, 1.82) is 0 Å². The summed E-state index contributed by atoms with van der Waals surface area (Å²) in [4.78, 5) is 15.7. The Balaban J connectivity index is 1.62. The van der Waals surface area contributed by atoms with Gasteiger partial charge in [-0.25, -0.2) is 4.98 Å². The number of rotatable bonds is 7. The highest BCUT2D eigenvalue weighted by Gasteiger charge is 2.05. The molecule has 2 aromatic rings. The zero-order chi connectivity index (χ0) is 12.6. The van der Waals surface area contributed by atoms with Gasteiger partial charge in [0.25, 0.3) is 0 Å². The van der Waals surface area contributed by atoms with Gasteiger partial charge < -0.3 is 4.74 Å². The summed E-state index contributed by atoms with van der Waals surface area (Å²) in [6.45, 7) is 0.577. The highest BCUT2D eigenvalue weighted by atomic mass is 32.1. The van der Waals surface area contributed by atoms with Gasteiger partial charge in [-0.1, -0.05) is 18.2 Å². The predicted octanol–water partition coefficient (Wildman–Crippen LogP) is 3.11. The van der Waals surface area contributed by atoms with Crippen LogP contribution < -0.4 is 4.74 Å². The standard InChI is InChI=1S/C14H15NO2S/c16-12(11-14-15-8-10-18-14)5-4-9-17-13-6-2-1-3-7-13/h1-3,6-8,10H,4-5,9,11H2. The van der Waals surface area contributed by atoms with Gasteiger partial charge in [-0.3, -0.25) is 4.79 Å². The second-order valence-electron chi connectivity index (χ2n) is 3.91. The lowest BCUT2D eigenvalue weighted by atomic mass is 10.2. The zero-order valence-corrected chi connectivity index (χ0v) is 10.9. The number of carbonyl (C=O) groups is 1. The molecule has 3 nitrogen and oxygen atoms in total. The molecule has 0 saturated carbocycles. The van der Waals surface area contributed by atoms with E-state index in [9.17, 15) is 4.79 Å². The van der Waals surface area contributed by atoms with Crippen LogP contribution in [0.4, 0.5) is 0 Å². The first-order valence-electron chi connectivity index (χ1n) is 5.92. The lowest BCUT2D eigenvalue weighted by Crippen LogP contribution is -2.05. The third-order valence-corrected chi connectivity index (χ3v) is 3.22. The van der Waals surface area contributed by atoms with Crippen LogP contribution in [-0.2, 0) is 11.2 Å². The molecule has 0 radical (unpaired) electrons. The van der Waals surface area contributed by atoms with Gasteiger partial charge in [-0.05, 0) is 18.6 Å². The number of carbonyl (C=O) groups excluding carboxylic acids is 1. The van der Waals surface area contributed by atoms with Crippen LogP contribution in [0.1, 0.15) is 17.8 Å². The van der Waals surface area contributed by atoms with Crippen LogP contribution in [0.2, 0.25) is 0 Å². The van der Waals surface area contributed by atoms with Crippen LogP contribution >= 0.6 is 11.3 Å². The fourth-order valence-corrected chi connectivity index (χ4v) is 2.22. The summed E-state index contributed by atoms with van der Waals surface area (Å²) in [5, 5.41) is 2.78. The molecule has 18 heavy (non-hydrogen) atoms. The number of ketones is 1. The van der Waals surface area contributed by atoms with Crippen molar-refractivity contribution in [2.75, 3.05) is 6.61 Å². The summed E-state index contributed by atoms with van der Waals surface area (Å²) in [7, 11) is 0. The molecule has 4 heteroatoms. The number of Topliss-reactive ketones (excluding diaryl/α,β-unsaturated/α-hetero) is 1. The molecular weight excluding hydrogens is 246 g/mol. The lowest BCUT2D eigenvalue weighted by Gasteiger charge is -2.04. The Morgan fingerprint density at radius 3 is 2.83 bits per heavy atom. The van der Waals surface area contributed by atoms with Gasteiger partial charge in [0.05, 0.1) is 18.0 Å². The number of benzene rings is 1. The fourth-order valence-electron chi connectivity index (χ4n) is 1.57. The molecule has 0 N–H and O–H groups in total. The first-order valence-corrected chi connectivity index (χ1v) is 6.80. The number of para-hydroxylation sites is 1. The van der Waals surface area contributed by atoms with Crippen molar-refractivity contribution < 1.29 is 9.53 Å². The van der Waals surface area contributed by atoms with Gasteiger partial charge in [0.15, 0.2) is 0 Å². The molecular formula is C14H15NO2S. The van der Waals surface area contributed by atoms with E-state index in [1.165, 1.54) is 11.3 Å². The number of nitrogens with zero attached hydrogens (tertiary/aromatic N) is 1. The monoisotopic (exact) mass is 261 g/mol. The van der Waals surface area contributed by atoms with Crippen molar-refractivity contribution >= 4 is 17.1 Å². The fraction of sp³-hybridized carbons (Fsp3) is 0.286. The minimum Gasteiger partial charge on any atom is -0.494 e. The summed E-state index contributed by atoms with van der Waals surface area (Å²) >= 11 is 1.52. The summed E-state index contributed by atoms with van der Waals surface area (Å²) in [6.07, 6.45) is 3.47. The SMILES string of the molecule is O=C(CCCOc1ccccc1)Cc1nccs1. The molecule has 0 aliphatic carbocycles. The number of ether oxygens (including phenoxy) is 1. The van der Waals surface area contributed by atoms with Gasteiger partial charge in [0.1, 0.15) is 11.5 Å². The van der Waals surface area contributed by atoms with Crippen molar-refractivity contribution in [2.45, 2.75) is 19.3 Å². The van der Waals surface area contributed by atoms with E-state index in [1.807, 2.05) is 35.7 Å². The molecule has 2 rings (SSSR count). The van der Waals surface area contributed by atoms with E-state index < -0.39 is 0 Å². The Kier molecular flexibility index (Phi) is 4.90. The third kappa shape index (κ3) is 4.30. The molecule has 0 aliphatic rings. The van der Waals surface area contributed by atoms with E-state index in [-0.39, 0.29) is 5.78 Å². The maximum absolute atomic E-state index is 11.6. The average Bonchev–Trinajstić information content (AvgIpc) is 2.89. The Morgan fingerprint density at radius 1 is 1.28 bits per heavy atom. The van der Waals surface area contributed by atoms with E-state index in [0.717, 1.165) is 17.2 Å². The highest BCUT2D eigenvalue weighted by molar-refractivity contribution is 7.09. The average molecular weight is 261 g/mol. The van der Waals surface area contributed by atoms with Crippen molar-refractivity contribution in [3.8, 4) is 5.75 Å². The third-order valence-electron chi connectivity index (χ3n) is 2.44. The Morgan fingerprint density at radius 2 is 2.11 bits per heavy atom. The summed E-state index contributed by atoms with van der Waals surface area (Å²) in [6, 6.07) is 9.64. The lowest BCUT2D eigenvalue weighted by molar-refractivity contribution is -0.118. The van der Waals surface area contributed by atoms with E-state index in [1.54, 1.807) is 6.20 Å². The minimum absolute atomic E-state index is 0.224. The summed E-state index contributed by atoms with van der Waals surface area (Å²) < 4.78 is 5.53. The van der Waals surface area contributed by atoms with Crippen LogP contribution in [-0.4, -0.2) is 17.4 Å². The highest BCUT2D eigenvalue weighted by Crippen LogP contribution is 2.10. The number of hydrogen-bond donors (Lipinski definition) is 0. The van der Waals surface area contributed by atoms with Crippen LogP contribution in [0.3, 0.4) is 0 Å². The van der Waals surface area contributed by atoms with Gasteiger partial charge in [-0.15, -0.1) is 11.3 Å². The van der Waals surface area contributed by atoms with Crippen LogP contribution in [0.25, 0.3) is 0 Å². The number of thiazole rings is 1. The molecule has 0 unspecified atom stereocenters. The molecule has 1 aromatic carbocycles. The molecule has 0 saturated heterocycles. The van der Waals surface area contributed by atoms with Crippen LogP contribution in [0.5, 0.6) is 5.75 Å². The number of aromatic nitrogens is 1. The molecule has 0 aliphatic heterocycles. The summed E-state index contributed by atoms with van der Waals surface area (Å²) in [5.41, 5.74) is 0. The Hall–Kier alpha value is -1.68. The van der Waals surface area contributed by atoms with Crippen molar-refractivity contribution in [3.63, 3.8) is 0 Å². The smallest absolute Gasteiger partial charge is 0.139 e. The van der Waals surface area contributed by atoms with Gasteiger partial charge in [0, 0.05) is 18.0 Å². The van der Waals surface area contributed by atoms with Gasteiger partial charge >= 0.3 is 0 Å². The van der Waals surface area contributed by atoms with E-state index in [0.29, 0.717) is 19.4 Å². The zero-order valence-electron chi connectivity index (χ0n) is 10.0. The maximum Gasteiger partial charge on any atom is 0.139 e. The van der Waals surface area contributed by atoms with Gasteiger partial charge in [0.2, 0.25) is 0 Å². The number of hydrogen-bond acceptors (Lipinski definition) is 4. The summed E-state index contributed by atoms with van der Waals surface area (Å²) in [5.74, 6) is 1.08. The van der Waals surface area contributed by atoms with Gasteiger partial charge in [-0.2, -0.15) is 0 Å². The molecule has 0 atom stereocenters. The normalized spacial score (nSPS) is 10.2. The molecule has 1 aromatic heterocycles. The molecule has 0 amide bonds. The Bertz CT molecular complexity index is 468.